The molecule has 150 valence electrons. The number of carbonyl (C=O) groups is 3. The van der Waals surface area contributed by atoms with Crippen molar-refractivity contribution >= 4 is 46.7 Å². The number of amides is 2. The van der Waals surface area contributed by atoms with Crippen LogP contribution in [0, 0.1) is 11.8 Å². The van der Waals surface area contributed by atoms with Crippen molar-refractivity contribution in [1.82, 2.24) is 0 Å². The molecule has 2 aromatic carbocycles. The van der Waals surface area contributed by atoms with E-state index in [1.54, 1.807) is 30.3 Å². The lowest BCUT2D eigenvalue weighted by atomic mass is 9.81. The van der Waals surface area contributed by atoms with E-state index in [0.717, 1.165) is 23.3 Å². The zero-order valence-electron chi connectivity index (χ0n) is 15.6. The zero-order valence-corrected chi connectivity index (χ0v) is 17.1. The van der Waals surface area contributed by atoms with E-state index in [1.807, 2.05) is 0 Å². The quantitative estimate of drug-likeness (QED) is 0.395. The van der Waals surface area contributed by atoms with E-state index >= 15 is 0 Å². The summed E-state index contributed by atoms with van der Waals surface area (Å²) in [5, 5.41) is 0.933. The maximum Gasteiger partial charge on any atom is 0.315 e. The lowest BCUT2D eigenvalue weighted by molar-refractivity contribution is -0.133. The topological polar surface area (TPSA) is 63.7 Å². The van der Waals surface area contributed by atoms with Crippen LogP contribution in [0.3, 0.4) is 0 Å². The summed E-state index contributed by atoms with van der Waals surface area (Å²) in [5.41, 5.74) is 0.973. The Hall–Kier alpha value is -2.37. The van der Waals surface area contributed by atoms with Crippen molar-refractivity contribution in [3.05, 3.63) is 58.1 Å². The highest BCUT2D eigenvalue weighted by Crippen LogP contribution is 2.43. The molecule has 0 spiro atoms. The number of carbonyl (C=O) groups excluding carboxylic acids is 3. The predicted molar refractivity (Wildman–Crippen MR) is 110 cm³/mol. The molecular formula is C22H19Cl2NO4. The van der Waals surface area contributed by atoms with Crippen LogP contribution in [0.4, 0.5) is 5.69 Å². The van der Waals surface area contributed by atoms with Gasteiger partial charge in [0.2, 0.25) is 11.8 Å². The third kappa shape index (κ3) is 4.02. The molecule has 1 saturated carbocycles. The Morgan fingerprint density at radius 1 is 0.931 bits per heavy atom. The fourth-order valence-corrected chi connectivity index (χ4v) is 4.37. The van der Waals surface area contributed by atoms with Crippen LogP contribution in [0.5, 0.6) is 5.75 Å². The van der Waals surface area contributed by atoms with Gasteiger partial charge in [-0.15, -0.1) is 0 Å². The molecule has 0 N–H and O–H groups in total. The summed E-state index contributed by atoms with van der Waals surface area (Å²) in [5.74, 6) is -1.43. The van der Waals surface area contributed by atoms with Gasteiger partial charge in [0.15, 0.2) is 5.75 Å². The van der Waals surface area contributed by atoms with Crippen molar-refractivity contribution in [1.29, 1.82) is 0 Å². The number of anilines is 1. The fourth-order valence-electron chi connectivity index (χ4n) is 4.08. The maximum absolute atomic E-state index is 12.9. The highest BCUT2D eigenvalue weighted by molar-refractivity contribution is 6.31. The first-order valence-electron chi connectivity index (χ1n) is 9.56. The van der Waals surface area contributed by atoms with Gasteiger partial charge in [-0.2, -0.15) is 0 Å². The molecule has 1 aliphatic heterocycles. The number of halogens is 2. The third-order valence-corrected chi connectivity index (χ3v) is 5.98. The van der Waals surface area contributed by atoms with E-state index in [4.69, 9.17) is 27.9 Å². The minimum atomic E-state index is -0.507. The number of fused-ring (bicyclic) bond motifs is 1. The second-order valence-corrected chi connectivity index (χ2v) is 8.27. The van der Waals surface area contributed by atoms with E-state index in [0.29, 0.717) is 22.9 Å². The molecule has 2 fully saturated rings. The molecule has 1 saturated heterocycles. The minimum Gasteiger partial charge on any atom is -0.424 e. The summed E-state index contributed by atoms with van der Waals surface area (Å²) in [6.45, 7) is 0. The number of hydrogen-bond donors (Lipinski definition) is 0. The largest absolute Gasteiger partial charge is 0.424 e. The average molecular weight is 432 g/mol. The van der Waals surface area contributed by atoms with E-state index in [2.05, 4.69) is 0 Å². The number of imide groups is 1. The van der Waals surface area contributed by atoms with Gasteiger partial charge in [0.25, 0.3) is 0 Å². The van der Waals surface area contributed by atoms with Crippen LogP contribution < -0.4 is 9.64 Å². The van der Waals surface area contributed by atoms with E-state index < -0.39 is 5.97 Å². The van der Waals surface area contributed by atoms with Crippen molar-refractivity contribution in [3.63, 3.8) is 0 Å². The van der Waals surface area contributed by atoms with Gasteiger partial charge in [0.05, 0.1) is 23.9 Å². The molecule has 5 nitrogen and oxygen atoms in total. The van der Waals surface area contributed by atoms with Crippen LogP contribution in [0.25, 0.3) is 0 Å². The second-order valence-electron chi connectivity index (χ2n) is 7.40. The van der Waals surface area contributed by atoms with Crippen LogP contribution in [0.2, 0.25) is 10.0 Å². The van der Waals surface area contributed by atoms with E-state index in [9.17, 15) is 14.4 Å². The predicted octanol–water partition coefficient (Wildman–Crippen LogP) is 4.82. The van der Waals surface area contributed by atoms with Crippen molar-refractivity contribution in [2.24, 2.45) is 11.8 Å². The molecule has 2 atom stereocenters. The Kier molecular flexibility index (Phi) is 5.61. The Morgan fingerprint density at radius 3 is 2.14 bits per heavy atom. The first-order valence-corrected chi connectivity index (χ1v) is 10.3. The van der Waals surface area contributed by atoms with Gasteiger partial charge in [0.1, 0.15) is 0 Å². The van der Waals surface area contributed by atoms with Gasteiger partial charge in [-0.05, 0) is 48.7 Å². The van der Waals surface area contributed by atoms with Crippen LogP contribution in [0.15, 0.2) is 42.5 Å². The number of ether oxygens (including phenoxy) is 1. The minimum absolute atomic E-state index is 0.0341. The summed E-state index contributed by atoms with van der Waals surface area (Å²) < 4.78 is 5.52. The zero-order chi connectivity index (χ0) is 20.5. The van der Waals surface area contributed by atoms with Crippen molar-refractivity contribution in [3.8, 4) is 5.75 Å². The molecule has 1 heterocycles. The number of esters is 1. The van der Waals surface area contributed by atoms with Gasteiger partial charge in [-0.3, -0.25) is 14.4 Å². The first-order chi connectivity index (χ1) is 13.9. The van der Waals surface area contributed by atoms with Gasteiger partial charge >= 0.3 is 5.97 Å². The molecule has 0 radical (unpaired) electrons. The number of hydrogen-bond acceptors (Lipinski definition) is 4. The molecule has 2 aliphatic rings. The molecule has 1 aliphatic carbocycles. The lowest BCUT2D eigenvalue weighted by Crippen LogP contribution is -2.31. The number of benzene rings is 2. The number of nitrogens with zero attached hydrogens (tertiary/aromatic N) is 1. The molecule has 29 heavy (non-hydrogen) atoms. The monoisotopic (exact) mass is 431 g/mol. The summed E-state index contributed by atoms with van der Waals surface area (Å²) >= 11 is 12.0. The Labute approximate surface area is 178 Å². The fraction of sp³-hybridized carbons (Fsp3) is 0.318. The van der Waals surface area contributed by atoms with Crippen molar-refractivity contribution in [2.45, 2.75) is 32.1 Å². The highest BCUT2D eigenvalue weighted by Gasteiger charge is 2.49. The summed E-state index contributed by atoms with van der Waals surface area (Å²) in [4.78, 5) is 39.5. The van der Waals surface area contributed by atoms with Crippen LogP contribution in [-0.4, -0.2) is 17.8 Å². The van der Waals surface area contributed by atoms with Gasteiger partial charge in [-0.25, -0.2) is 4.90 Å². The van der Waals surface area contributed by atoms with Crippen LogP contribution >= 0.6 is 23.2 Å². The normalized spacial score (nSPS) is 21.2. The average Bonchev–Trinajstić information content (AvgIpc) is 2.96. The smallest absolute Gasteiger partial charge is 0.315 e. The van der Waals surface area contributed by atoms with Crippen molar-refractivity contribution < 1.29 is 19.1 Å². The summed E-state index contributed by atoms with van der Waals surface area (Å²) in [6.07, 6.45) is 3.32. The van der Waals surface area contributed by atoms with Gasteiger partial charge in [0, 0.05) is 10.0 Å². The molecule has 4 rings (SSSR count). The molecule has 7 heteroatoms. The molecular weight excluding hydrogens is 413 g/mol. The van der Waals surface area contributed by atoms with Gasteiger partial charge < -0.3 is 4.74 Å². The SMILES string of the molecule is O=C(Cc1ccc(Cl)cc1)Oc1ccc(Cl)cc1N1C(=O)C2CCCCC2C1=O. The van der Waals surface area contributed by atoms with E-state index in [1.165, 1.54) is 12.1 Å². The maximum atomic E-state index is 12.9. The summed E-state index contributed by atoms with van der Waals surface area (Å²) in [7, 11) is 0. The van der Waals surface area contributed by atoms with E-state index in [-0.39, 0.29) is 41.5 Å². The molecule has 2 amide bonds. The Morgan fingerprint density at radius 2 is 1.52 bits per heavy atom. The second kappa shape index (κ2) is 8.17. The standard InChI is InChI=1S/C22H19Cl2NO4/c23-14-7-5-13(6-8-14)11-20(26)29-19-10-9-15(24)12-18(19)25-21(27)16-3-1-2-4-17(16)22(25)28/h5-10,12,16-17H,1-4,11H2. The first kappa shape index (κ1) is 19.9. The molecule has 0 bridgehead atoms. The van der Waals surface area contributed by atoms with Gasteiger partial charge in [-0.1, -0.05) is 48.2 Å². The molecule has 2 aromatic rings. The van der Waals surface area contributed by atoms with Crippen molar-refractivity contribution in [2.75, 3.05) is 4.90 Å². The highest BCUT2D eigenvalue weighted by atomic mass is 35.5. The van der Waals surface area contributed by atoms with Crippen LogP contribution in [0.1, 0.15) is 31.2 Å². The summed E-state index contributed by atoms with van der Waals surface area (Å²) in [6, 6.07) is 11.4. The molecule has 2 unspecified atom stereocenters. The third-order valence-electron chi connectivity index (χ3n) is 5.49. The lowest BCUT2D eigenvalue weighted by Gasteiger charge is -2.19. The van der Waals surface area contributed by atoms with Crippen LogP contribution in [-0.2, 0) is 20.8 Å². The Bertz CT molecular complexity index is 949. The Balaban J connectivity index is 1.59. The number of rotatable bonds is 4. The molecule has 0 aromatic heterocycles.